The molecule has 4 rings (SSSR count). The minimum atomic E-state index is -2.91. The highest BCUT2D eigenvalue weighted by molar-refractivity contribution is 6.83. The molecule has 1 saturated heterocycles. The zero-order valence-electron chi connectivity index (χ0n) is 19.7. The average molecular weight is 468 g/mol. The normalized spacial score (nSPS) is 20.6. The Morgan fingerprint density at radius 1 is 1.09 bits per heavy atom. The van der Waals surface area contributed by atoms with Crippen LogP contribution in [-0.4, -0.2) is 57.0 Å². The molecule has 7 heteroatoms. The third-order valence-electron chi connectivity index (χ3n) is 6.20. The molecular formula is C26H31F2N3OSi. The number of nitrogens with one attached hydrogen (secondary N) is 1. The third-order valence-corrected chi connectivity index (χ3v) is 7.07. The summed E-state index contributed by atoms with van der Waals surface area (Å²) < 4.78 is 29.9. The lowest BCUT2D eigenvalue weighted by atomic mass is 10.0. The van der Waals surface area contributed by atoms with Gasteiger partial charge in [0.05, 0.1) is 0 Å². The van der Waals surface area contributed by atoms with Gasteiger partial charge in [-0.3, -0.25) is 9.69 Å². The van der Waals surface area contributed by atoms with Crippen molar-refractivity contribution < 1.29 is 13.6 Å². The number of piperazine rings is 1. The molecule has 1 amide bonds. The number of benzene rings is 2. The van der Waals surface area contributed by atoms with Crippen LogP contribution >= 0.6 is 0 Å². The summed E-state index contributed by atoms with van der Waals surface area (Å²) in [5.74, 6) is -0.0843. The average Bonchev–Trinajstić information content (AvgIpc) is 3.03. The molecule has 1 unspecified atom stereocenters. The van der Waals surface area contributed by atoms with E-state index in [0.29, 0.717) is 16.8 Å². The van der Waals surface area contributed by atoms with Crippen LogP contribution in [0.3, 0.4) is 0 Å². The van der Waals surface area contributed by atoms with Gasteiger partial charge in [-0.2, -0.15) is 0 Å². The Balaban J connectivity index is 1.52. The number of fused-ring (bicyclic) bond motifs is 1. The number of hydrogen-bond acceptors (Lipinski definition) is 3. The number of rotatable bonds is 3. The molecule has 174 valence electrons. The van der Waals surface area contributed by atoms with Crippen molar-refractivity contribution >= 4 is 19.7 Å². The highest BCUT2D eigenvalue weighted by atomic mass is 28.3. The lowest BCUT2D eigenvalue weighted by Gasteiger charge is -2.36. The molecule has 2 aromatic carbocycles. The predicted octanol–water partition coefficient (Wildman–Crippen LogP) is 4.95. The van der Waals surface area contributed by atoms with Gasteiger partial charge in [0.1, 0.15) is 8.07 Å². The molecule has 1 heterocycles. The number of nitrogens with zero attached hydrogens (tertiary/aromatic N) is 2. The van der Waals surface area contributed by atoms with E-state index in [1.54, 1.807) is 30.3 Å². The van der Waals surface area contributed by atoms with Crippen molar-refractivity contribution in [3.05, 3.63) is 64.7 Å². The second-order valence-electron chi connectivity index (χ2n) is 10.1. The lowest BCUT2D eigenvalue weighted by Crippen LogP contribution is -2.45. The Kier molecular flexibility index (Phi) is 6.45. The van der Waals surface area contributed by atoms with E-state index in [2.05, 4.69) is 53.3 Å². The Bertz CT molecular complexity index is 1110. The first-order valence-corrected chi connectivity index (χ1v) is 14.9. The van der Waals surface area contributed by atoms with Crippen molar-refractivity contribution in [2.75, 3.05) is 38.5 Å². The molecule has 0 saturated carbocycles. The molecule has 0 spiro atoms. The standard InChI is InChI=1S/C26H31F2N3OSi/c1-30-11-13-31(14-12-30)24-18-26(27,28)23-17-21(8-9-22(23)24)29-25(32)20-7-5-6-19(16-20)10-15-33(2,3)4/h5-9,16-17,24H,11-14,18H2,1-4H3,(H,29,32). The summed E-state index contributed by atoms with van der Waals surface area (Å²) in [5.41, 5.74) is 5.61. The molecule has 2 aromatic rings. The first-order valence-electron chi connectivity index (χ1n) is 11.4. The SMILES string of the molecule is CN1CCN(C2CC(F)(F)c3cc(NC(=O)c4cccc(C#C[Si](C)(C)C)c4)ccc32)CC1. The van der Waals surface area contributed by atoms with Crippen LogP contribution in [0.2, 0.25) is 19.6 Å². The van der Waals surface area contributed by atoms with Crippen molar-refractivity contribution in [1.29, 1.82) is 0 Å². The maximum absolute atomic E-state index is 14.9. The molecule has 1 aliphatic heterocycles. The lowest BCUT2D eigenvalue weighted by molar-refractivity contribution is -0.0257. The molecule has 2 aliphatic rings. The Morgan fingerprint density at radius 2 is 1.82 bits per heavy atom. The molecular weight excluding hydrogens is 436 g/mol. The Morgan fingerprint density at radius 3 is 2.52 bits per heavy atom. The van der Waals surface area contributed by atoms with E-state index in [1.165, 1.54) is 6.07 Å². The van der Waals surface area contributed by atoms with E-state index in [-0.39, 0.29) is 23.9 Å². The van der Waals surface area contributed by atoms with Gasteiger partial charge in [-0.15, -0.1) is 5.54 Å². The van der Waals surface area contributed by atoms with Crippen LogP contribution < -0.4 is 5.32 Å². The zero-order chi connectivity index (χ0) is 23.8. The zero-order valence-corrected chi connectivity index (χ0v) is 20.7. The van der Waals surface area contributed by atoms with Gasteiger partial charge in [-0.05, 0) is 42.9 Å². The van der Waals surface area contributed by atoms with Crippen molar-refractivity contribution in [1.82, 2.24) is 9.80 Å². The van der Waals surface area contributed by atoms with Crippen LogP contribution in [0.4, 0.5) is 14.5 Å². The summed E-state index contributed by atoms with van der Waals surface area (Å²) in [4.78, 5) is 17.2. The Hall–Kier alpha value is -2.53. The Labute approximate surface area is 196 Å². The molecule has 0 bridgehead atoms. The minimum Gasteiger partial charge on any atom is -0.322 e. The van der Waals surface area contributed by atoms with Crippen LogP contribution in [0.1, 0.15) is 39.5 Å². The van der Waals surface area contributed by atoms with Gasteiger partial charge in [-0.25, -0.2) is 8.78 Å². The quantitative estimate of drug-likeness (QED) is 0.512. The van der Waals surface area contributed by atoms with E-state index in [4.69, 9.17) is 0 Å². The van der Waals surface area contributed by atoms with E-state index in [0.717, 1.165) is 31.7 Å². The highest BCUT2D eigenvalue weighted by Crippen LogP contribution is 2.50. The fourth-order valence-electron chi connectivity index (χ4n) is 4.36. The molecule has 33 heavy (non-hydrogen) atoms. The first-order chi connectivity index (χ1) is 15.5. The smallest absolute Gasteiger partial charge is 0.275 e. The van der Waals surface area contributed by atoms with E-state index in [1.807, 2.05) is 6.07 Å². The summed E-state index contributed by atoms with van der Waals surface area (Å²) in [5, 5.41) is 2.79. The van der Waals surface area contributed by atoms with Gasteiger partial charge in [0.15, 0.2) is 0 Å². The number of halogens is 2. The van der Waals surface area contributed by atoms with E-state index >= 15 is 0 Å². The van der Waals surface area contributed by atoms with Crippen molar-refractivity contribution in [3.63, 3.8) is 0 Å². The van der Waals surface area contributed by atoms with Crippen LogP contribution in [0.5, 0.6) is 0 Å². The number of amides is 1. The van der Waals surface area contributed by atoms with Crippen LogP contribution in [0, 0.1) is 11.5 Å². The molecule has 1 aliphatic carbocycles. The highest BCUT2D eigenvalue weighted by Gasteiger charge is 2.47. The van der Waals surface area contributed by atoms with Crippen LogP contribution in [0.15, 0.2) is 42.5 Å². The second-order valence-corrected chi connectivity index (χ2v) is 14.9. The van der Waals surface area contributed by atoms with Gasteiger partial charge in [0, 0.05) is 61.0 Å². The number of alkyl halides is 2. The van der Waals surface area contributed by atoms with Crippen molar-refractivity contribution in [3.8, 4) is 11.5 Å². The molecule has 1 fully saturated rings. The van der Waals surface area contributed by atoms with E-state index in [9.17, 15) is 13.6 Å². The molecule has 1 N–H and O–H groups in total. The number of carbonyl (C=O) groups excluding carboxylic acids is 1. The summed E-state index contributed by atoms with van der Waals surface area (Å²) in [6.45, 7) is 9.81. The van der Waals surface area contributed by atoms with Gasteiger partial charge in [-0.1, -0.05) is 37.7 Å². The van der Waals surface area contributed by atoms with E-state index < -0.39 is 14.0 Å². The number of anilines is 1. The number of likely N-dealkylation sites (N-methyl/N-ethyl adjacent to an activating group) is 1. The summed E-state index contributed by atoms with van der Waals surface area (Å²) in [6.07, 6.45) is -0.207. The third kappa shape index (κ3) is 5.52. The molecule has 0 aromatic heterocycles. The van der Waals surface area contributed by atoms with Crippen LogP contribution in [-0.2, 0) is 5.92 Å². The summed E-state index contributed by atoms with van der Waals surface area (Å²) in [6, 6.07) is 11.8. The second kappa shape index (κ2) is 9.01. The minimum absolute atomic E-state index is 0.0268. The fourth-order valence-corrected chi connectivity index (χ4v) is 4.88. The monoisotopic (exact) mass is 467 g/mol. The van der Waals surface area contributed by atoms with Crippen LogP contribution in [0.25, 0.3) is 0 Å². The number of carbonyl (C=O) groups is 1. The van der Waals surface area contributed by atoms with Gasteiger partial charge in [0.2, 0.25) is 0 Å². The fraction of sp³-hybridized carbons (Fsp3) is 0.423. The topological polar surface area (TPSA) is 35.6 Å². The van der Waals surface area contributed by atoms with Crippen molar-refractivity contribution in [2.24, 2.45) is 0 Å². The predicted molar refractivity (Wildman–Crippen MR) is 131 cm³/mol. The van der Waals surface area contributed by atoms with Crippen molar-refractivity contribution in [2.45, 2.75) is 38.0 Å². The molecule has 1 atom stereocenters. The van der Waals surface area contributed by atoms with Gasteiger partial charge >= 0.3 is 0 Å². The number of hydrogen-bond donors (Lipinski definition) is 1. The molecule has 4 nitrogen and oxygen atoms in total. The van der Waals surface area contributed by atoms with Gasteiger partial charge < -0.3 is 10.2 Å². The summed E-state index contributed by atoms with van der Waals surface area (Å²) >= 11 is 0. The van der Waals surface area contributed by atoms with Gasteiger partial charge in [0.25, 0.3) is 11.8 Å². The molecule has 0 radical (unpaired) electrons. The maximum Gasteiger partial charge on any atom is 0.275 e. The largest absolute Gasteiger partial charge is 0.322 e. The first kappa shape index (κ1) is 23.6. The summed E-state index contributed by atoms with van der Waals surface area (Å²) in [7, 11) is 0.524. The maximum atomic E-state index is 14.9.